The average molecular weight is 842 g/mol. The third kappa shape index (κ3) is 18.2. The molecule has 0 aliphatic rings. The minimum atomic E-state index is -0.563. The first kappa shape index (κ1) is 53.2. The predicted molar refractivity (Wildman–Crippen MR) is 264 cm³/mol. The van der Waals surface area contributed by atoms with Crippen molar-refractivity contribution in [2.24, 2.45) is 21.7 Å². The summed E-state index contributed by atoms with van der Waals surface area (Å²) < 4.78 is 0. The molecule has 6 heteroatoms. The number of carbonyl (C=O) groups excluding carboxylic acids is 2. The maximum Gasteiger partial charge on any atom is 0.183 e. The molecule has 0 aliphatic carbocycles. The molecule has 3 rings (SSSR count). The van der Waals surface area contributed by atoms with E-state index >= 15 is 0 Å². The van der Waals surface area contributed by atoms with Crippen molar-refractivity contribution in [2.75, 3.05) is 51.4 Å². The van der Waals surface area contributed by atoms with Gasteiger partial charge in [-0.25, -0.2) is 0 Å². The number of nitrogens with zero attached hydrogens (tertiary/aromatic N) is 3. The van der Waals surface area contributed by atoms with Crippen LogP contribution >= 0.6 is 11.8 Å². The van der Waals surface area contributed by atoms with Crippen LogP contribution in [0.5, 0.6) is 0 Å². The third-order valence-electron chi connectivity index (χ3n) is 12.0. The van der Waals surface area contributed by atoms with Crippen LogP contribution in [0.25, 0.3) is 0 Å². The molecule has 0 aliphatic heterocycles. The van der Waals surface area contributed by atoms with Gasteiger partial charge in [0.25, 0.3) is 0 Å². The summed E-state index contributed by atoms with van der Waals surface area (Å²) in [5.74, 6) is 1.52. The number of benzene rings is 3. The number of hydrogen-bond donors (Lipinski definition) is 0. The van der Waals surface area contributed by atoms with Gasteiger partial charge < -0.3 is 4.90 Å². The minimum Gasteiger partial charge on any atom is -0.375 e. The second-order valence-electron chi connectivity index (χ2n) is 22.7. The van der Waals surface area contributed by atoms with Gasteiger partial charge in [-0.2, -0.15) is 0 Å². The first-order valence-electron chi connectivity index (χ1n) is 22.6. The van der Waals surface area contributed by atoms with E-state index in [0.29, 0.717) is 10.8 Å². The van der Waals surface area contributed by atoms with E-state index in [4.69, 9.17) is 0 Å². The maximum absolute atomic E-state index is 14.2. The van der Waals surface area contributed by atoms with Gasteiger partial charge in [0.1, 0.15) is 0 Å². The molecule has 336 valence electrons. The smallest absolute Gasteiger partial charge is 0.183 e. The Morgan fingerprint density at radius 2 is 0.950 bits per heavy atom. The van der Waals surface area contributed by atoms with Crippen molar-refractivity contribution in [1.82, 2.24) is 9.80 Å². The molecule has 3 aromatic rings. The Morgan fingerprint density at radius 1 is 0.517 bits per heavy atom. The summed E-state index contributed by atoms with van der Waals surface area (Å²) in [6.45, 7) is 36.2. The van der Waals surface area contributed by atoms with Crippen molar-refractivity contribution >= 4 is 29.0 Å². The van der Waals surface area contributed by atoms with E-state index in [1.165, 1.54) is 16.9 Å². The van der Waals surface area contributed by atoms with Gasteiger partial charge in [-0.15, -0.1) is 11.8 Å². The van der Waals surface area contributed by atoms with Gasteiger partial charge in [0.15, 0.2) is 11.6 Å². The average Bonchev–Trinajstić information content (AvgIpc) is 3.16. The van der Waals surface area contributed by atoms with E-state index in [-0.39, 0.29) is 22.4 Å². The lowest BCUT2D eigenvalue weighted by Crippen LogP contribution is -2.55. The number of thioether (sulfide) groups is 1. The van der Waals surface area contributed by atoms with Crippen molar-refractivity contribution in [3.8, 4) is 0 Å². The monoisotopic (exact) mass is 842 g/mol. The largest absolute Gasteiger partial charge is 0.375 e. The van der Waals surface area contributed by atoms with Crippen molar-refractivity contribution in [3.63, 3.8) is 0 Å². The Morgan fingerprint density at radius 3 is 1.42 bits per heavy atom. The fourth-order valence-corrected chi connectivity index (χ4v) is 8.13. The fourth-order valence-electron chi connectivity index (χ4n) is 6.85. The van der Waals surface area contributed by atoms with Crippen LogP contribution in [0, 0.1) is 21.7 Å². The van der Waals surface area contributed by atoms with Crippen molar-refractivity contribution in [1.29, 1.82) is 0 Å². The summed E-state index contributed by atoms with van der Waals surface area (Å²) >= 11 is 1.87. The maximum atomic E-state index is 14.2. The van der Waals surface area contributed by atoms with E-state index in [1.54, 1.807) is 0 Å². The predicted octanol–water partition coefficient (Wildman–Crippen LogP) is 14.0. The normalized spacial score (nSPS) is 13.8. The zero-order valence-electron chi connectivity index (χ0n) is 41.6. The second-order valence-corrected chi connectivity index (χ2v) is 23.9. The van der Waals surface area contributed by atoms with Crippen LogP contribution < -0.4 is 4.90 Å². The highest BCUT2D eigenvalue weighted by Gasteiger charge is 2.41. The Balaban J connectivity index is 0.000000429. The minimum absolute atomic E-state index is 0.195. The molecule has 0 spiro atoms. The van der Waals surface area contributed by atoms with Crippen LogP contribution in [0.3, 0.4) is 0 Å². The van der Waals surface area contributed by atoms with Crippen LogP contribution in [0.4, 0.5) is 5.69 Å². The lowest BCUT2D eigenvalue weighted by Gasteiger charge is -2.41. The molecule has 60 heavy (non-hydrogen) atoms. The molecule has 0 N–H and O–H groups in total. The molecule has 1 unspecified atom stereocenters. The number of hydrogen-bond acceptors (Lipinski definition) is 6. The van der Waals surface area contributed by atoms with Gasteiger partial charge in [-0.3, -0.25) is 19.4 Å². The fraction of sp³-hybridized carbons (Fsp3) is 0.630. The number of likely N-dealkylation sites (N-methyl/N-ethyl adjacent to an activating group) is 2. The Bertz CT molecular complexity index is 1720. The summed E-state index contributed by atoms with van der Waals surface area (Å²) in [4.78, 5) is 35.2. The molecule has 0 fully saturated rings. The molecule has 0 heterocycles. The molecule has 3 aromatic carbocycles. The van der Waals surface area contributed by atoms with E-state index in [2.05, 4.69) is 174 Å². The van der Waals surface area contributed by atoms with Crippen molar-refractivity contribution < 1.29 is 9.59 Å². The quantitative estimate of drug-likeness (QED) is 0.0885. The van der Waals surface area contributed by atoms with E-state index in [9.17, 15) is 9.59 Å². The molecule has 0 bridgehead atoms. The lowest BCUT2D eigenvalue weighted by atomic mass is 9.79. The highest BCUT2D eigenvalue weighted by molar-refractivity contribution is 7.99. The zero-order chi connectivity index (χ0) is 45.7. The molecule has 0 radical (unpaired) electrons. The van der Waals surface area contributed by atoms with Crippen LogP contribution in [-0.2, 0) is 6.42 Å². The molecule has 0 amide bonds. The van der Waals surface area contributed by atoms with Crippen molar-refractivity contribution in [2.45, 2.75) is 158 Å². The Labute approximate surface area is 373 Å². The molecule has 0 saturated carbocycles. The van der Waals surface area contributed by atoms with E-state index in [0.717, 1.165) is 74.3 Å². The summed E-state index contributed by atoms with van der Waals surface area (Å²) in [7, 11) is 6.32. The standard InChI is InChI=1S/C31H48N2O.C23H39NOS/c1-10-31(24-25-14-12-11-13-15-25,33(9)23-21-30(5,6)7)28(34)26-16-18-27(19-17-26)32(8)22-20-29(2,3)4;1-21(2,3)14-16-24(9)23(7,8)20(25)18-10-12-19(13-11-18)26-17-15-22(4,5)6/h11-19H,10,20-24H2,1-9H3;10-13H,14-17H2,1-9H3. The zero-order valence-corrected chi connectivity index (χ0v) is 42.5. The Hall–Kier alpha value is -2.93. The topological polar surface area (TPSA) is 43.9 Å². The third-order valence-corrected chi connectivity index (χ3v) is 13.0. The number of carbonyl (C=O) groups is 2. The molecule has 1 atom stereocenters. The van der Waals surface area contributed by atoms with Gasteiger partial charge >= 0.3 is 0 Å². The molecule has 5 nitrogen and oxygen atoms in total. The number of anilines is 1. The molecule has 0 saturated heterocycles. The van der Waals surface area contributed by atoms with Gasteiger partial charge in [0.05, 0.1) is 11.1 Å². The highest BCUT2D eigenvalue weighted by atomic mass is 32.2. The van der Waals surface area contributed by atoms with Crippen LogP contribution in [0.1, 0.15) is 162 Å². The van der Waals surface area contributed by atoms with Crippen LogP contribution in [-0.4, -0.2) is 79.0 Å². The number of rotatable bonds is 19. The second kappa shape index (κ2) is 22.4. The molecular formula is C54H87N3O2S. The van der Waals surface area contributed by atoms with Gasteiger partial charge in [-0.05, 0) is 149 Å². The van der Waals surface area contributed by atoms with E-state index < -0.39 is 11.1 Å². The van der Waals surface area contributed by atoms with Crippen LogP contribution in [0.2, 0.25) is 0 Å². The summed E-state index contributed by atoms with van der Waals surface area (Å²) in [6, 6.07) is 26.9. The summed E-state index contributed by atoms with van der Waals surface area (Å²) in [6.07, 6.45) is 5.92. The summed E-state index contributed by atoms with van der Waals surface area (Å²) in [5.41, 5.74) is 4.09. The molecular weight excluding hydrogens is 755 g/mol. The number of ketones is 2. The van der Waals surface area contributed by atoms with Crippen LogP contribution in [0.15, 0.2) is 83.8 Å². The Kier molecular flexibility index (Phi) is 19.9. The SMILES string of the molecule is CCC(Cc1ccccc1)(C(=O)c1ccc(N(C)CCC(C)(C)C)cc1)N(C)CCC(C)(C)C.CN(CCC(C)(C)C)C(C)(C)C(=O)c1ccc(SCCC(C)(C)C)cc1. The highest BCUT2D eigenvalue weighted by Crippen LogP contribution is 2.32. The van der Waals surface area contributed by atoms with Crippen molar-refractivity contribution in [3.05, 3.63) is 95.6 Å². The molecule has 0 aromatic heterocycles. The first-order valence-corrected chi connectivity index (χ1v) is 23.6. The lowest BCUT2D eigenvalue weighted by molar-refractivity contribution is 0.0569. The first-order chi connectivity index (χ1) is 27.5. The van der Waals surface area contributed by atoms with Gasteiger partial charge in [0, 0.05) is 35.3 Å². The summed E-state index contributed by atoms with van der Waals surface area (Å²) in [5, 5.41) is 0. The number of Topliss-reactive ketones (excluding diaryl/α,β-unsaturated/α-hetero) is 2. The van der Waals surface area contributed by atoms with E-state index in [1.807, 2.05) is 55.9 Å². The van der Waals surface area contributed by atoms with Gasteiger partial charge in [0.2, 0.25) is 0 Å². The van der Waals surface area contributed by atoms with Gasteiger partial charge in [-0.1, -0.05) is 132 Å².